The van der Waals surface area contributed by atoms with Gasteiger partial charge in [-0.3, -0.25) is 9.13 Å². The summed E-state index contributed by atoms with van der Waals surface area (Å²) in [5.41, 5.74) is 8.08. The Hall–Kier alpha value is -7.96. The Labute approximate surface area is 333 Å². The van der Waals surface area contributed by atoms with Gasteiger partial charge in [0.2, 0.25) is 5.95 Å². The molecule has 0 aliphatic rings. The molecule has 270 valence electrons. The Bertz CT molecular complexity index is 3480. The molecule has 3 heterocycles. The van der Waals surface area contributed by atoms with Gasteiger partial charge in [-0.15, -0.1) is 0 Å². The molecule has 0 saturated carbocycles. The minimum absolute atomic E-state index is 0.570. The van der Waals surface area contributed by atoms with Crippen LogP contribution in [-0.4, -0.2) is 29.1 Å². The molecule has 0 atom stereocenters. The van der Waals surface area contributed by atoms with E-state index in [1.807, 2.05) is 42.5 Å². The first-order chi connectivity index (χ1) is 28.8. The zero-order valence-corrected chi connectivity index (χ0v) is 31.2. The van der Waals surface area contributed by atoms with Crippen molar-refractivity contribution in [2.45, 2.75) is 0 Å². The highest BCUT2D eigenvalue weighted by Crippen LogP contribution is 2.44. The van der Waals surface area contributed by atoms with Crippen LogP contribution in [0.15, 0.2) is 194 Å². The molecule has 0 bridgehead atoms. The number of hydrogen-bond donors (Lipinski definition) is 0. The predicted molar refractivity (Wildman–Crippen MR) is 238 cm³/mol. The lowest BCUT2D eigenvalue weighted by Gasteiger charge is -2.15. The largest absolute Gasteiger partial charge is 0.292 e. The average molecular weight is 741 g/mol. The van der Waals surface area contributed by atoms with Gasteiger partial charge < -0.3 is 0 Å². The lowest BCUT2D eigenvalue weighted by atomic mass is 9.92. The molecule has 0 aliphatic heterocycles. The molecule has 12 aromatic rings. The molecule has 0 N–H and O–H groups in total. The van der Waals surface area contributed by atoms with Crippen LogP contribution in [0.2, 0.25) is 0 Å². The summed E-state index contributed by atoms with van der Waals surface area (Å²) >= 11 is 0. The molecule has 0 fully saturated rings. The van der Waals surface area contributed by atoms with Gasteiger partial charge in [-0.2, -0.15) is 9.97 Å². The highest BCUT2D eigenvalue weighted by Gasteiger charge is 2.23. The maximum Gasteiger partial charge on any atom is 0.238 e. The molecular formula is C52H32N6. The standard InChI is InChI=1S/C52H32N6/c1-5-17-33(18-6-1)49-54-50(34-19-7-2-8-20-34)56-52(55-49)58-45-28-16-15-26-38(45)41-30-29-40-42-31-44-46(32-43(42)37-25-13-14-27-39(37)47(40)48(41)58)57(36-23-11-4-12-24-36)51(53-44)35-21-9-3-10-22-35/h1-32H. The number of para-hydroxylation sites is 2. The van der Waals surface area contributed by atoms with E-state index in [0.29, 0.717) is 17.6 Å². The van der Waals surface area contributed by atoms with Crippen molar-refractivity contribution in [3.63, 3.8) is 0 Å². The topological polar surface area (TPSA) is 61.4 Å². The van der Waals surface area contributed by atoms with Crippen molar-refractivity contribution in [1.82, 2.24) is 29.1 Å². The first kappa shape index (κ1) is 32.3. The Kier molecular flexibility index (Phi) is 7.13. The third-order valence-electron chi connectivity index (χ3n) is 11.3. The van der Waals surface area contributed by atoms with Crippen LogP contribution in [0, 0.1) is 0 Å². The van der Waals surface area contributed by atoms with Crippen LogP contribution in [-0.2, 0) is 0 Å². The van der Waals surface area contributed by atoms with E-state index in [-0.39, 0.29) is 0 Å². The van der Waals surface area contributed by atoms with E-state index in [2.05, 4.69) is 161 Å². The quantitative estimate of drug-likeness (QED) is 0.165. The molecule has 0 unspecified atom stereocenters. The summed E-state index contributed by atoms with van der Waals surface area (Å²) in [5, 5.41) is 9.20. The zero-order valence-electron chi connectivity index (χ0n) is 31.2. The monoisotopic (exact) mass is 740 g/mol. The van der Waals surface area contributed by atoms with Gasteiger partial charge >= 0.3 is 0 Å². The van der Waals surface area contributed by atoms with E-state index in [0.717, 1.165) is 82.6 Å². The Morgan fingerprint density at radius 3 is 1.52 bits per heavy atom. The van der Waals surface area contributed by atoms with Crippen molar-refractivity contribution in [3.05, 3.63) is 194 Å². The lowest BCUT2D eigenvalue weighted by Crippen LogP contribution is -2.06. The molecule has 6 heteroatoms. The van der Waals surface area contributed by atoms with E-state index in [4.69, 9.17) is 19.9 Å². The van der Waals surface area contributed by atoms with Crippen LogP contribution in [0.25, 0.3) is 111 Å². The minimum atomic E-state index is 0.570. The number of nitrogens with zero attached hydrogens (tertiary/aromatic N) is 6. The van der Waals surface area contributed by atoms with Crippen LogP contribution >= 0.6 is 0 Å². The summed E-state index contributed by atoms with van der Waals surface area (Å²) in [6.07, 6.45) is 0. The van der Waals surface area contributed by atoms with Crippen molar-refractivity contribution in [3.8, 4) is 45.8 Å². The molecule has 0 aliphatic carbocycles. The van der Waals surface area contributed by atoms with Gasteiger partial charge in [0.25, 0.3) is 0 Å². The highest BCUT2D eigenvalue weighted by molar-refractivity contribution is 6.34. The van der Waals surface area contributed by atoms with Crippen LogP contribution in [0.5, 0.6) is 0 Å². The van der Waals surface area contributed by atoms with Crippen LogP contribution in [0.4, 0.5) is 0 Å². The SMILES string of the molecule is c1ccc(-c2nc(-c3ccccc3)nc(-n3c4ccccc4c4ccc5c6cc7nc(-c8ccccc8)n(-c8ccccc8)c7cc6c6ccccc6c5c43)n2)cc1. The minimum Gasteiger partial charge on any atom is -0.292 e. The van der Waals surface area contributed by atoms with E-state index >= 15 is 0 Å². The molecule has 0 spiro atoms. The van der Waals surface area contributed by atoms with Crippen LogP contribution in [0.1, 0.15) is 0 Å². The average Bonchev–Trinajstić information content (AvgIpc) is 3.85. The first-order valence-electron chi connectivity index (χ1n) is 19.5. The van der Waals surface area contributed by atoms with Gasteiger partial charge in [0, 0.05) is 38.5 Å². The number of aromatic nitrogens is 6. The number of rotatable bonds is 5. The van der Waals surface area contributed by atoms with Crippen LogP contribution in [0.3, 0.4) is 0 Å². The first-order valence-corrected chi connectivity index (χ1v) is 19.5. The normalized spacial score (nSPS) is 11.8. The predicted octanol–water partition coefficient (Wildman–Crippen LogP) is 12.8. The van der Waals surface area contributed by atoms with E-state index in [1.165, 1.54) is 10.8 Å². The molecule has 6 nitrogen and oxygen atoms in total. The third-order valence-corrected chi connectivity index (χ3v) is 11.3. The molecule has 0 radical (unpaired) electrons. The molecule has 0 saturated heterocycles. The fourth-order valence-corrected chi connectivity index (χ4v) is 8.78. The second kappa shape index (κ2) is 12.8. The summed E-state index contributed by atoms with van der Waals surface area (Å²) in [6, 6.07) is 67.9. The molecule has 58 heavy (non-hydrogen) atoms. The Morgan fingerprint density at radius 2 is 0.845 bits per heavy atom. The highest BCUT2D eigenvalue weighted by atomic mass is 15.2. The molecule has 12 rings (SSSR count). The Balaban J connectivity index is 1.23. The molecule has 0 amide bonds. The van der Waals surface area contributed by atoms with Gasteiger partial charge in [0.05, 0.1) is 22.1 Å². The summed E-state index contributed by atoms with van der Waals surface area (Å²) in [4.78, 5) is 20.9. The maximum absolute atomic E-state index is 5.37. The second-order valence-electron chi connectivity index (χ2n) is 14.7. The van der Waals surface area contributed by atoms with Crippen molar-refractivity contribution < 1.29 is 0 Å². The number of imidazole rings is 1. The fraction of sp³-hybridized carbons (Fsp3) is 0. The van der Waals surface area contributed by atoms with Gasteiger partial charge in [0.15, 0.2) is 11.6 Å². The zero-order chi connectivity index (χ0) is 38.2. The van der Waals surface area contributed by atoms with E-state index in [9.17, 15) is 0 Å². The van der Waals surface area contributed by atoms with Gasteiger partial charge in [0.1, 0.15) is 5.82 Å². The van der Waals surface area contributed by atoms with Crippen molar-refractivity contribution >= 4 is 65.2 Å². The fourth-order valence-electron chi connectivity index (χ4n) is 8.78. The third kappa shape index (κ3) is 4.92. The van der Waals surface area contributed by atoms with Gasteiger partial charge in [-0.25, -0.2) is 9.97 Å². The van der Waals surface area contributed by atoms with Gasteiger partial charge in [-0.1, -0.05) is 164 Å². The summed E-state index contributed by atoms with van der Waals surface area (Å²) in [7, 11) is 0. The molecule has 3 aromatic heterocycles. The Morgan fingerprint density at radius 1 is 0.328 bits per heavy atom. The molecule has 9 aromatic carbocycles. The second-order valence-corrected chi connectivity index (χ2v) is 14.7. The van der Waals surface area contributed by atoms with E-state index < -0.39 is 0 Å². The van der Waals surface area contributed by atoms with Crippen molar-refractivity contribution in [2.75, 3.05) is 0 Å². The van der Waals surface area contributed by atoms with Crippen molar-refractivity contribution in [1.29, 1.82) is 0 Å². The summed E-state index contributed by atoms with van der Waals surface area (Å²) in [6.45, 7) is 0. The molecular weight excluding hydrogens is 709 g/mol. The van der Waals surface area contributed by atoms with Crippen molar-refractivity contribution in [2.24, 2.45) is 0 Å². The van der Waals surface area contributed by atoms with E-state index in [1.54, 1.807) is 0 Å². The van der Waals surface area contributed by atoms with Gasteiger partial charge in [-0.05, 0) is 57.3 Å². The smallest absolute Gasteiger partial charge is 0.238 e. The van der Waals surface area contributed by atoms with Crippen LogP contribution < -0.4 is 0 Å². The maximum atomic E-state index is 5.37. The summed E-state index contributed by atoms with van der Waals surface area (Å²) in [5.74, 6) is 2.72. The number of fused-ring (bicyclic) bond motifs is 11. The number of hydrogen-bond acceptors (Lipinski definition) is 4. The number of benzene rings is 9. The summed E-state index contributed by atoms with van der Waals surface area (Å²) < 4.78 is 4.54. The lowest BCUT2D eigenvalue weighted by molar-refractivity contribution is 0.955.